The van der Waals surface area contributed by atoms with Crippen LogP contribution in [0.4, 0.5) is 0 Å². The van der Waals surface area contributed by atoms with Crippen molar-refractivity contribution in [1.29, 1.82) is 0 Å². The summed E-state index contributed by atoms with van der Waals surface area (Å²) in [5, 5.41) is 0. The zero-order chi connectivity index (χ0) is 2.00. The summed E-state index contributed by atoms with van der Waals surface area (Å²) in [6, 6.07) is 0. The largest absolute Gasteiger partial charge is 0 e. The summed E-state index contributed by atoms with van der Waals surface area (Å²) in [4.78, 5) is 0. The Morgan fingerprint density at radius 2 is 1.50 bits per heavy atom. The summed E-state index contributed by atoms with van der Waals surface area (Å²) >= 11 is 0.611. The molecular weight excluding hydrogens is 133 g/mol. The van der Waals surface area contributed by atoms with Crippen LogP contribution in [0.1, 0.15) is 2.85 Å². The molecule has 0 spiro atoms. The molecule has 0 saturated carbocycles. The first-order chi connectivity index (χ1) is 1.00. The quantitative estimate of drug-likeness (QED) is 0.393. The predicted octanol–water partition coefficient (Wildman–Crippen LogP) is -0.926. The molecule has 0 aromatic rings. The third-order valence-corrected chi connectivity index (χ3v) is 0. The van der Waals surface area contributed by atoms with Gasteiger partial charge in [-0.2, -0.15) is 0 Å². The molecule has 0 saturated heterocycles. The van der Waals surface area contributed by atoms with Crippen LogP contribution in [0.2, 0.25) is 0 Å². The van der Waals surface area contributed by atoms with E-state index in [0.29, 0.717) is 16.2 Å². The second kappa shape index (κ2) is 22.1. The molecule has 0 heterocycles. The zero-order valence-electron chi connectivity index (χ0n) is 4.53. The van der Waals surface area contributed by atoms with E-state index >= 15 is 0 Å². The van der Waals surface area contributed by atoms with Crippen molar-refractivity contribution < 1.29 is 26.1 Å². The molecule has 0 fully saturated rings. The Morgan fingerprint density at radius 3 is 1.50 bits per heavy atom. The summed E-state index contributed by atoms with van der Waals surface area (Å²) in [7, 11) is 0. The fourth-order valence-electron chi connectivity index (χ4n) is 0. The summed E-state index contributed by atoms with van der Waals surface area (Å²) in [6.07, 6.45) is 0. The van der Waals surface area contributed by atoms with Crippen LogP contribution < -0.4 is 0 Å². The molecule has 0 aromatic heterocycles. The minimum atomic E-state index is 0. The zero-order valence-corrected chi connectivity index (χ0v) is 8.33. The molecule has 1 nitrogen and oxygen atoms in total. The Balaban J connectivity index is -0.000000000833. The van der Waals surface area contributed by atoms with Gasteiger partial charge in [-0.1, -0.05) is 0 Å². The molecule has 0 aliphatic carbocycles. The second-order valence-corrected chi connectivity index (χ2v) is 0. The van der Waals surface area contributed by atoms with E-state index in [1.165, 1.54) is 0 Å². The summed E-state index contributed by atoms with van der Waals surface area (Å²) < 4.78 is 8.28. The van der Waals surface area contributed by atoms with E-state index in [-0.39, 0.29) is 45.4 Å². The van der Waals surface area contributed by atoms with Crippen LogP contribution in [0.15, 0.2) is 0 Å². The van der Waals surface area contributed by atoms with Crippen molar-refractivity contribution in [3.63, 3.8) is 0 Å². The van der Waals surface area contributed by atoms with E-state index in [1.54, 1.807) is 0 Å². The maximum atomic E-state index is 8.28. The van der Waals surface area contributed by atoms with E-state index in [2.05, 4.69) is 0 Å². The van der Waals surface area contributed by atoms with Crippen LogP contribution in [0, 0.1) is 0 Å². The van der Waals surface area contributed by atoms with Crippen LogP contribution in [-0.2, 0) is 23.3 Å². The molecule has 0 unspecified atom stereocenters. The molecular formula is H3AlMgOZn. The molecule has 0 radical (unpaired) electrons. The topological polar surface area (TPSA) is 17.1 Å². The van der Waals surface area contributed by atoms with Gasteiger partial charge in [0.1, 0.15) is 0 Å². The first-order valence-corrected chi connectivity index (χ1v) is 0.866. The molecule has 0 N–H and O–H groups in total. The molecule has 0 bridgehead atoms. The number of hydrogen-bond donors (Lipinski definition) is 0. The molecule has 0 aliphatic rings. The molecule has 0 aromatic carbocycles. The second-order valence-electron chi connectivity index (χ2n) is 0. The first kappa shape index (κ1) is 17.2. The van der Waals surface area contributed by atoms with E-state index in [4.69, 9.17) is 3.80 Å². The van der Waals surface area contributed by atoms with Gasteiger partial charge in [-0.25, -0.2) is 0 Å². The van der Waals surface area contributed by atoms with Crippen molar-refractivity contribution >= 4 is 39.3 Å². The molecule has 0 rings (SSSR count). The SMILES string of the molecule is [H-].[H-].[Mg+2].[O]=[AlH].[Zn]. The normalized spacial score (nSPS) is 0.750. The van der Waals surface area contributed by atoms with Crippen molar-refractivity contribution in [2.45, 2.75) is 0 Å². The van der Waals surface area contributed by atoms with E-state index in [0.717, 1.165) is 0 Å². The molecule has 16 valence electrons. The van der Waals surface area contributed by atoms with Crippen LogP contribution in [0.3, 0.4) is 0 Å². The van der Waals surface area contributed by atoms with Crippen LogP contribution in [0.5, 0.6) is 0 Å². The van der Waals surface area contributed by atoms with Gasteiger partial charge in [0.15, 0.2) is 0 Å². The van der Waals surface area contributed by atoms with Gasteiger partial charge in [0.2, 0.25) is 0 Å². The molecule has 0 aliphatic heterocycles. The monoisotopic (exact) mass is 134 g/mol. The van der Waals surface area contributed by atoms with Crippen molar-refractivity contribution in [1.82, 2.24) is 0 Å². The van der Waals surface area contributed by atoms with Gasteiger partial charge in [-0.15, -0.1) is 0 Å². The minimum Gasteiger partial charge on any atom is 0 e. The van der Waals surface area contributed by atoms with E-state index in [9.17, 15) is 0 Å². The molecule has 4 heavy (non-hydrogen) atoms. The van der Waals surface area contributed by atoms with Gasteiger partial charge < -0.3 is 2.85 Å². The maximum absolute atomic E-state index is 8.28. The minimum absolute atomic E-state index is 0. The summed E-state index contributed by atoms with van der Waals surface area (Å²) in [5.74, 6) is 0. The van der Waals surface area contributed by atoms with Crippen molar-refractivity contribution in [3.8, 4) is 0 Å². The first-order valence-electron chi connectivity index (χ1n) is 0.289. The summed E-state index contributed by atoms with van der Waals surface area (Å²) in [5.41, 5.74) is 0. The smallest absolute Gasteiger partial charge is 0 e. The molecule has 0 atom stereocenters. The van der Waals surface area contributed by atoms with Crippen molar-refractivity contribution in [2.24, 2.45) is 0 Å². The van der Waals surface area contributed by atoms with Gasteiger partial charge in [-0.3, -0.25) is 0 Å². The Kier molecular flexibility index (Phi) is 95.0. The van der Waals surface area contributed by atoms with E-state index in [1.807, 2.05) is 0 Å². The van der Waals surface area contributed by atoms with Gasteiger partial charge in [-0.05, 0) is 0 Å². The van der Waals surface area contributed by atoms with Gasteiger partial charge in [0.05, 0.1) is 0 Å². The summed E-state index contributed by atoms with van der Waals surface area (Å²) in [6.45, 7) is 0. The van der Waals surface area contributed by atoms with Crippen LogP contribution >= 0.6 is 0 Å². The average Bonchev–Trinajstić information content (AvgIpc) is 1.00. The number of rotatable bonds is 0. The van der Waals surface area contributed by atoms with Gasteiger partial charge in [0, 0.05) is 19.5 Å². The third kappa shape index (κ3) is 9.30. The fourth-order valence-corrected chi connectivity index (χ4v) is 0. The standard InChI is InChI=1S/Al.Mg.O.Zn.3H/q;+2;;;;2*-1. The Labute approximate surface area is 65.0 Å². The fraction of sp³-hybridized carbons (Fsp3) is 0. The number of hydrogen-bond acceptors (Lipinski definition) is 1. The van der Waals surface area contributed by atoms with Crippen LogP contribution in [-0.4, -0.2) is 39.3 Å². The predicted molar refractivity (Wildman–Crippen MR) is 15.8 cm³/mol. The Morgan fingerprint density at radius 1 is 1.50 bits per heavy atom. The van der Waals surface area contributed by atoms with Crippen LogP contribution in [0.25, 0.3) is 0 Å². The van der Waals surface area contributed by atoms with Gasteiger partial charge >= 0.3 is 43.1 Å². The Bertz CT molecular complexity index is 13.5. The van der Waals surface area contributed by atoms with Crippen molar-refractivity contribution in [2.75, 3.05) is 0 Å². The van der Waals surface area contributed by atoms with Crippen molar-refractivity contribution in [3.05, 3.63) is 0 Å². The van der Waals surface area contributed by atoms with Gasteiger partial charge in [0.25, 0.3) is 0 Å². The third-order valence-electron chi connectivity index (χ3n) is 0. The molecule has 0 amide bonds. The maximum Gasteiger partial charge on any atom is 0 e. The average molecular weight is 136 g/mol. The Hall–Kier alpha value is 1.72. The van der Waals surface area contributed by atoms with E-state index < -0.39 is 0 Å². The molecule has 4 heteroatoms.